The number of nitrogens with zero attached hydrogens (tertiary/aromatic N) is 2. The molecule has 2 heterocycles. The predicted octanol–water partition coefficient (Wildman–Crippen LogP) is 0.915. The maximum absolute atomic E-state index is 5.70. The van der Waals surface area contributed by atoms with E-state index in [0.717, 1.165) is 45.1 Å². The molecule has 0 amide bonds. The molecule has 3 rings (SSSR count). The van der Waals surface area contributed by atoms with Gasteiger partial charge in [-0.3, -0.25) is 5.43 Å². The lowest BCUT2D eigenvalue weighted by atomic mass is 10.0. The summed E-state index contributed by atoms with van der Waals surface area (Å²) < 4.78 is 5.70. The van der Waals surface area contributed by atoms with Gasteiger partial charge in [-0.15, -0.1) is 0 Å². The van der Waals surface area contributed by atoms with Crippen molar-refractivity contribution >= 4 is 0 Å². The molecule has 1 N–H and O–H groups in total. The molecule has 0 spiro atoms. The lowest BCUT2D eigenvalue weighted by Gasteiger charge is -2.33. The molecule has 2 aliphatic heterocycles. The van der Waals surface area contributed by atoms with Gasteiger partial charge < -0.3 is 9.64 Å². The molecule has 2 aliphatic rings. The van der Waals surface area contributed by atoms with Crippen LogP contribution in [-0.4, -0.2) is 56.3 Å². The first-order valence-corrected chi connectivity index (χ1v) is 6.71. The number of hydrazine groups is 1. The number of hydrogen-bond donors (Lipinski definition) is 1. The summed E-state index contributed by atoms with van der Waals surface area (Å²) in [6.45, 7) is 6.27. The minimum Gasteiger partial charge on any atom is -0.493 e. The minimum absolute atomic E-state index is 0.487. The van der Waals surface area contributed by atoms with Crippen molar-refractivity contribution in [1.82, 2.24) is 15.3 Å². The topological polar surface area (TPSA) is 27.7 Å². The Labute approximate surface area is 108 Å². The first kappa shape index (κ1) is 12.0. The highest BCUT2D eigenvalue weighted by molar-refractivity contribution is 5.39. The molecule has 0 aromatic heterocycles. The van der Waals surface area contributed by atoms with E-state index in [4.69, 9.17) is 4.74 Å². The summed E-state index contributed by atoms with van der Waals surface area (Å²) in [5.41, 5.74) is 4.90. The van der Waals surface area contributed by atoms with Crippen LogP contribution < -0.4 is 10.2 Å². The molecule has 0 radical (unpaired) electrons. The zero-order chi connectivity index (χ0) is 12.4. The molecule has 18 heavy (non-hydrogen) atoms. The smallest absolute Gasteiger partial charge is 0.122 e. The van der Waals surface area contributed by atoms with E-state index in [1.54, 1.807) is 0 Å². The third kappa shape index (κ3) is 2.51. The van der Waals surface area contributed by atoms with Crippen molar-refractivity contribution in [2.45, 2.75) is 5.92 Å². The van der Waals surface area contributed by atoms with Crippen molar-refractivity contribution in [2.24, 2.45) is 0 Å². The van der Waals surface area contributed by atoms with Gasteiger partial charge in [0.25, 0.3) is 0 Å². The van der Waals surface area contributed by atoms with Crippen LogP contribution in [0.25, 0.3) is 0 Å². The fourth-order valence-electron chi connectivity index (χ4n) is 2.60. The monoisotopic (exact) mass is 247 g/mol. The van der Waals surface area contributed by atoms with Crippen LogP contribution in [0.2, 0.25) is 0 Å². The third-order valence-electron chi connectivity index (χ3n) is 3.86. The van der Waals surface area contributed by atoms with Crippen molar-refractivity contribution in [1.29, 1.82) is 0 Å². The van der Waals surface area contributed by atoms with Gasteiger partial charge in [0.1, 0.15) is 5.75 Å². The first-order chi connectivity index (χ1) is 8.83. The van der Waals surface area contributed by atoms with Gasteiger partial charge in [-0.05, 0) is 13.1 Å². The number of piperazine rings is 1. The second kappa shape index (κ2) is 5.26. The molecule has 0 saturated carbocycles. The zero-order valence-electron chi connectivity index (χ0n) is 10.9. The van der Waals surface area contributed by atoms with Gasteiger partial charge in [-0.1, -0.05) is 18.2 Å². The van der Waals surface area contributed by atoms with Gasteiger partial charge in [0.2, 0.25) is 0 Å². The Hall–Kier alpha value is -1.10. The highest BCUT2D eigenvalue weighted by Crippen LogP contribution is 2.32. The van der Waals surface area contributed by atoms with E-state index >= 15 is 0 Å². The van der Waals surface area contributed by atoms with E-state index in [9.17, 15) is 0 Å². The van der Waals surface area contributed by atoms with Crippen LogP contribution in [0.5, 0.6) is 5.75 Å². The van der Waals surface area contributed by atoms with Crippen LogP contribution in [0, 0.1) is 0 Å². The normalized spacial score (nSPS) is 24.8. The summed E-state index contributed by atoms with van der Waals surface area (Å²) in [7, 11) is 2.18. The fourth-order valence-corrected chi connectivity index (χ4v) is 2.60. The summed E-state index contributed by atoms with van der Waals surface area (Å²) in [5, 5.41) is 2.33. The Morgan fingerprint density at radius 3 is 2.83 bits per heavy atom. The molecule has 1 fully saturated rings. The largest absolute Gasteiger partial charge is 0.493 e. The molecule has 0 aliphatic carbocycles. The van der Waals surface area contributed by atoms with Crippen LogP contribution >= 0.6 is 0 Å². The molecule has 1 saturated heterocycles. The average molecular weight is 247 g/mol. The van der Waals surface area contributed by atoms with Crippen molar-refractivity contribution in [3.8, 4) is 5.75 Å². The molecule has 4 nitrogen and oxygen atoms in total. The molecule has 1 unspecified atom stereocenters. The van der Waals surface area contributed by atoms with Gasteiger partial charge in [-0.2, -0.15) is 0 Å². The number of ether oxygens (including phenoxy) is 1. The maximum Gasteiger partial charge on any atom is 0.122 e. The average Bonchev–Trinajstić information content (AvgIpc) is 2.82. The maximum atomic E-state index is 5.70. The number of benzene rings is 1. The Kier molecular flexibility index (Phi) is 3.50. The second-order valence-corrected chi connectivity index (χ2v) is 5.20. The number of rotatable bonds is 3. The van der Waals surface area contributed by atoms with E-state index in [0.29, 0.717) is 5.92 Å². The standard InChI is InChI=1S/C14H21N3O/c1-16-6-8-17(9-7-16)15-10-12-11-18-14-5-3-2-4-13(12)14/h2-5,12,15H,6-11H2,1H3. The van der Waals surface area contributed by atoms with Crippen LogP contribution in [0.4, 0.5) is 0 Å². The summed E-state index contributed by atoms with van der Waals surface area (Å²) in [5.74, 6) is 1.54. The van der Waals surface area contributed by atoms with E-state index in [1.807, 2.05) is 6.07 Å². The Balaban J connectivity index is 1.53. The highest BCUT2D eigenvalue weighted by Gasteiger charge is 2.24. The van der Waals surface area contributed by atoms with E-state index in [2.05, 4.69) is 40.6 Å². The molecule has 98 valence electrons. The van der Waals surface area contributed by atoms with Gasteiger partial charge in [0.15, 0.2) is 0 Å². The van der Waals surface area contributed by atoms with Gasteiger partial charge in [0.05, 0.1) is 6.61 Å². The van der Waals surface area contributed by atoms with Gasteiger partial charge in [0, 0.05) is 44.2 Å². The second-order valence-electron chi connectivity index (χ2n) is 5.20. The lowest BCUT2D eigenvalue weighted by molar-refractivity contribution is 0.101. The Bertz CT molecular complexity index is 402. The van der Waals surface area contributed by atoms with Gasteiger partial charge >= 0.3 is 0 Å². The number of hydrogen-bond acceptors (Lipinski definition) is 4. The van der Waals surface area contributed by atoms with Gasteiger partial charge in [-0.25, -0.2) is 5.01 Å². The quantitative estimate of drug-likeness (QED) is 0.859. The number of fused-ring (bicyclic) bond motifs is 1. The van der Waals surface area contributed by atoms with Crippen LogP contribution in [-0.2, 0) is 0 Å². The number of para-hydroxylation sites is 1. The lowest BCUT2D eigenvalue weighted by Crippen LogP contribution is -2.51. The molecule has 1 aromatic rings. The summed E-state index contributed by atoms with van der Waals surface area (Å²) >= 11 is 0. The molecule has 0 bridgehead atoms. The first-order valence-electron chi connectivity index (χ1n) is 6.71. The summed E-state index contributed by atoms with van der Waals surface area (Å²) in [6.07, 6.45) is 0. The van der Waals surface area contributed by atoms with Crippen LogP contribution in [0.15, 0.2) is 24.3 Å². The number of nitrogens with one attached hydrogen (secondary N) is 1. The Morgan fingerprint density at radius 2 is 2.00 bits per heavy atom. The molecule has 1 aromatic carbocycles. The Morgan fingerprint density at radius 1 is 1.22 bits per heavy atom. The van der Waals surface area contributed by atoms with Crippen LogP contribution in [0.1, 0.15) is 11.5 Å². The third-order valence-corrected chi connectivity index (χ3v) is 3.86. The van der Waals surface area contributed by atoms with E-state index < -0.39 is 0 Å². The molecule has 4 heteroatoms. The zero-order valence-corrected chi connectivity index (χ0v) is 10.9. The molecular weight excluding hydrogens is 226 g/mol. The number of likely N-dealkylation sites (N-methyl/N-ethyl adjacent to an activating group) is 1. The highest BCUT2D eigenvalue weighted by atomic mass is 16.5. The summed E-state index contributed by atoms with van der Waals surface area (Å²) in [6, 6.07) is 8.37. The molecule has 1 atom stereocenters. The van der Waals surface area contributed by atoms with Crippen molar-refractivity contribution < 1.29 is 4.74 Å². The minimum atomic E-state index is 0.487. The SMILES string of the molecule is CN1CCN(NCC2COc3ccccc32)CC1. The van der Waals surface area contributed by atoms with Crippen molar-refractivity contribution in [3.63, 3.8) is 0 Å². The fraction of sp³-hybridized carbons (Fsp3) is 0.571. The molecular formula is C14H21N3O. The predicted molar refractivity (Wildman–Crippen MR) is 71.8 cm³/mol. The summed E-state index contributed by atoms with van der Waals surface area (Å²) in [4.78, 5) is 2.37. The van der Waals surface area contributed by atoms with Crippen molar-refractivity contribution in [3.05, 3.63) is 29.8 Å². The van der Waals surface area contributed by atoms with Crippen LogP contribution in [0.3, 0.4) is 0 Å². The van der Waals surface area contributed by atoms with E-state index in [1.165, 1.54) is 5.56 Å². The van der Waals surface area contributed by atoms with Crippen molar-refractivity contribution in [2.75, 3.05) is 46.4 Å². The van der Waals surface area contributed by atoms with E-state index in [-0.39, 0.29) is 0 Å².